The van der Waals surface area contributed by atoms with Crippen molar-refractivity contribution in [1.29, 1.82) is 0 Å². The molecule has 2 nitrogen and oxygen atoms in total. The highest BCUT2D eigenvalue weighted by Crippen LogP contribution is 2.31. The van der Waals surface area contributed by atoms with Gasteiger partial charge in [-0.3, -0.25) is 0 Å². The lowest BCUT2D eigenvalue weighted by Crippen LogP contribution is -1.80. The van der Waals surface area contributed by atoms with Gasteiger partial charge in [0.25, 0.3) is 0 Å². The van der Waals surface area contributed by atoms with Crippen LogP contribution in [0.3, 0.4) is 0 Å². The van der Waals surface area contributed by atoms with Crippen LogP contribution in [0.5, 0.6) is 0 Å². The van der Waals surface area contributed by atoms with E-state index in [1.165, 1.54) is 11.5 Å². The number of benzene rings is 1. The minimum Gasteiger partial charge on any atom is -0.138 e. The Hall–Kier alpha value is -0.380. The molecule has 0 amide bonds. The van der Waals surface area contributed by atoms with Gasteiger partial charge in [0.2, 0.25) is 0 Å². The predicted molar refractivity (Wildman–Crippen MR) is 51.9 cm³/mol. The fourth-order valence-electron chi connectivity index (χ4n) is 0.997. The largest absolute Gasteiger partial charge is 0.138 e. The molecular formula is C7H4Cl2N2S. The van der Waals surface area contributed by atoms with Gasteiger partial charge in [0, 0.05) is 5.56 Å². The first-order chi connectivity index (χ1) is 5.79. The van der Waals surface area contributed by atoms with Crippen LogP contribution in [-0.4, -0.2) is 9.59 Å². The molecule has 2 aromatic rings. The zero-order chi connectivity index (χ0) is 8.55. The average molecular weight is 219 g/mol. The summed E-state index contributed by atoms with van der Waals surface area (Å²) in [7, 11) is 0. The number of halogens is 2. The number of nitrogens with zero attached hydrogens (tertiary/aromatic N) is 2. The van der Waals surface area contributed by atoms with Gasteiger partial charge in [0.1, 0.15) is 10.4 Å². The first-order valence-electron chi connectivity index (χ1n) is 3.28. The molecule has 0 radical (unpaired) electrons. The van der Waals surface area contributed by atoms with Crippen molar-refractivity contribution in [2.45, 2.75) is 4.84 Å². The molecule has 0 spiro atoms. The highest BCUT2D eigenvalue weighted by Gasteiger charge is 2.09. The van der Waals surface area contributed by atoms with Crippen molar-refractivity contribution in [1.82, 2.24) is 9.59 Å². The molecule has 0 atom stereocenters. The Morgan fingerprint density at radius 1 is 1.33 bits per heavy atom. The van der Waals surface area contributed by atoms with Crippen molar-refractivity contribution in [3.8, 4) is 0 Å². The van der Waals surface area contributed by atoms with E-state index in [1.54, 1.807) is 0 Å². The summed E-state index contributed by atoms with van der Waals surface area (Å²) in [6, 6.07) is 5.64. The molecule has 0 saturated heterocycles. The van der Waals surface area contributed by atoms with Gasteiger partial charge in [-0.05, 0) is 17.6 Å². The normalized spacial score (nSPS) is 11.2. The molecule has 0 aliphatic heterocycles. The number of hydrogen-bond donors (Lipinski definition) is 0. The molecule has 0 aliphatic rings. The monoisotopic (exact) mass is 218 g/mol. The quantitative estimate of drug-likeness (QED) is 0.688. The summed E-state index contributed by atoms with van der Waals surface area (Å²) in [5.41, 5.74) is 1.73. The first-order valence-corrected chi connectivity index (χ1v) is 4.93. The fourth-order valence-corrected chi connectivity index (χ4v) is 2.19. The molecule has 5 heteroatoms. The van der Waals surface area contributed by atoms with Gasteiger partial charge in [0.05, 0.1) is 4.70 Å². The number of fused-ring (bicyclic) bond motifs is 1. The van der Waals surface area contributed by atoms with E-state index < -0.39 is 4.84 Å². The van der Waals surface area contributed by atoms with Crippen LogP contribution in [0.15, 0.2) is 18.2 Å². The van der Waals surface area contributed by atoms with E-state index in [1.807, 2.05) is 18.2 Å². The highest BCUT2D eigenvalue weighted by molar-refractivity contribution is 7.13. The summed E-state index contributed by atoms with van der Waals surface area (Å²) in [5, 5.41) is 3.91. The summed E-state index contributed by atoms with van der Waals surface area (Å²) in [6.45, 7) is 0. The van der Waals surface area contributed by atoms with Crippen molar-refractivity contribution in [3.63, 3.8) is 0 Å². The molecule has 1 aromatic carbocycles. The zero-order valence-electron chi connectivity index (χ0n) is 5.87. The minimum atomic E-state index is -0.504. The molecule has 0 saturated carbocycles. The lowest BCUT2D eigenvalue weighted by Gasteiger charge is -1.99. The molecule has 0 unspecified atom stereocenters. The maximum atomic E-state index is 5.76. The van der Waals surface area contributed by atoms with E-state index in [-0.39, 0.29) is 0 Å². The first kappa shape index (κ1) is 8.23. The van der Waals surface area contributed by atoms with Crippen LogP contribution in [-0.2, 0) is 0 Å². The molecule has 1 heterocycles. The zero-order valence-corrected chi connectivity index (χ0v) is 8.20. The van der Waals surface area contributed by atoms with E-state index in [4.69, 9.17) is 23.2 Å². The standard InChI is InChI=1S/C7H4Cl2N2S/c8-7(9)4-2-1-3-5-6(4)12-11-10-5/h1-3,7H. The molecule has 0 bridgehead atoms. The van der Waals surface area contributed by atoms with Crippen molar-refractivity contribution in [3.05, 3.63) is 23.8 Å². The average Bonchev–Trinajstić information content (AvgIpc) is 2.49. The maximum Gasteiger partial charge on any atom is 0.134 e. The minimum absolute atomic E-state index is 0.504. The molecule has 2 rings (SSSR count). The summed E-state index contributed by atoms with van der Waals surface area (Å²) in [5.74, 6) is 0. The number of rotatable bonds is 1. The van der Waals surface area contributed by atoms with Crippen LogP contribution in [0.2, 0.25) is 0 Å². The maximum absolute atomic E-state index is 5.76. The van der Waals surface area contributed by atoms with Crippen molar-refractivity contribution >= 4 is 45.0 Å². The Morgan fingerprint density at radius 3 is 2.92 bits per heavy atom. The molecule has 62 valence electrons. The van der Waals surface area contributed by atoms with Gasteiger partial charge in [-0.2, -0.15) is 0 Å². The smallest absolute Gasteiger partial charge is 0.134 e. The molecule has 1 aromatic heterocycles. The topological polar surface area (TPSA) is 25.8 Å². The van der Waals surface area contributed by atoms with Crippen LogP contribution in [0, 0.1) is 0 Å². The second-order valence-electron chi connectivity index (χ2n) is 2.27. The Morgan fingerprint density at radius 2 is 2.17 bits per heavy atom. The van der Waals surface area contributed by atoms with E-state index in [2.05, 4.69) is 9.59 Å². The number of aromatic nitrogens is 2. The highest BCUT2D eigenvalue weighted by atomic mass is 35.5. The van der Waals surface area contributed by atoms with Crippen LogP contribution >= 0.6 is 34.7 Å². The summed E-state index contributed by atoms with van der Waals surface area (Å²) in [4.78, 5) is -0.504. The SMILES string of the molecule is ClC(Cl)c1cccc2nnsc12. The third kappa shape index (κ3) is 1.28. The van der Waals surface area contributed by atoms with Gasteiger partial charge < -0.3 is 0 Å². The number of hydrogen-bond acceptors (Lipinski definition) is 3. The Labute approximate surface area is 83.3 Å². The van der Waals surface area contributed by atoms with Crippen LogP contribution in [0.1, 0.15) is 10.4 Å². The Bertz CT molecular complexity index is 399. The molecule has 12 heavy (non-hydrogen) atoms. The van der Waals surface area contributed by atoms with Crippen molar-refractivity contribution in [2.75, 3.05) is 0 Å². The van der Waals surface area contributed by atoms with Crippen molar-refractivity contribution < 1.29 is 0 Å². The second kappa shape index (κ2) is 3.17. The number of alkyl halides is 2. The third-order valence-electron chi connectivity index (χ3n) is 1.54. The Balaban J connectivity index is 2.73. The van der Waals surface area contributed by atoms with E-state index in [9.17, 15) is 0 Å². The van der Waals surface area contributed by atoms with E-state index in [0.717, 1.165) is 15.8 Å². The molecule has 0 fully saturated rings. The lowest BCUT2D eigenvalue weighted by atomic mass is 10.2. The fraction of sp³-hybridized carbons (Fsp3) is 0.143. The summed E-state index contributed by atoms with van der Waals surface area (Å²) < 4.78 is 4.78. The summed E-state index contributed by atoms with van der Waals surface area (Å²) >= 11 is 12.8. The van der Waals surface area contributed by atoms with Gasteiger partial charge in [-0.25, -0.2) is 0 Å². The van der Waals surface area contributed by atoms with Crippen LogP contribution in [0.25, 0.3) is 10.2 Å². The van der Waals surface area contributed by atoms with Gasteiger partial charge in [0.15, 0.2) is 0 Å². The molecule has 0 N–H and O–H groups in total. The summed E-state index contributed by atoms with van der Waals surface area (Å²) in [6.07, 6.45) is 0. The molecule has 0 aliphatic carbocycles. The van der Waals surface area contributed by atoms with E-state index >= 15 is 0 Å². The van der Waals surface area contributed by atoms with Gasteiger partial charge in [-0.15, -0.1) is 28.3 Å². The third-order valence-corrected chi connectivity index (χ3v) is 2.80. The van der Waals surface area contributed by atoms with Gasteiger partial charge >= 0.3 is 0 Å². The predicted octanol–water partition coefficient (Wildman–Crippen LogP) is 3.17. The van der Waals surface area contributed by atoms with Crippen LogP contribution < -0.4 is 0 Å². The Kier molecular flexibility index (Phi) is 2.17. The van der Waals surface area contributed by atoms with E-state index in [0.29, 0.717) is 0 Å². The lowest BCUT2D eigenvalue weighted by molar-refractivity contribution is 1.20. The second-order valence-corrected chi connectivity index (χ2v) is 4.12. The van der Waals surface area contributed by atoms with Gasteiger partial charge in [-0.1, -0.05) is 16.6 Å². The van der Waals surface area contributed by atoms with Crippen molar-refractivity contribution in [2.24, 2.45) is 0 Å². The molecular weight excluding hydrogens is 215 g/mol. The van der Waals surface area contributed by atoms with Crippen LogP contribution in [0.4, 0.5) is 0 Å².